The van der Waals surface area contributed by atoms with Crippen molar-refractivity contribution in [2.24, 2.45) is 0 Å². The van der Waals surface area contributed by atoms with Crippen molar-refractivity contribution in [1.29, 1.82) is 0 Å². The first-order valence-electron chi connectivity index (χ1n) is 8.56. The molecule has 3 N–H and O–H groups in total. The summed E-state index contributed by atoms with van der Waals surface area (Å²) < 4.78 is 32.9. The van der Waals surface area contributed by atoms with Crippen LogP contribution in [0.1, 0.15) is 11.1 Å². The van der Waals surface area contributed by atoms with Crippen LogP contribution >= 0.6 is 0 Å². The van der Waals surface area contributed by atoms with E-state index in [-0.39, 0.29) is 10.9 Å². The van der Waals surface area contributed by atoms with Crippen molar-refractivity contribution in [2.45, 2.75) is 18.7 Å². The highest BCUT2D eigenvalue weighted by atomic mass is 32.2. The Morgan fingerprint density at radius 1 is 0.857 bits per heavy atom. The summed E-state index contributed by atoms with van der Waals surface area (Å²) >= 11 is 0. The molecule has 0 fully saturated rings. The Bertz CT molecular complexity index is 1120. The highest BCUT2D eigenvalue weighted by Crippen LogP contribution is 2.31. The Hall–Kier alpha value is -3.16. The third kappa shape index (κ3) is 4.57. The summed E-state index contributed by atoms with van der Waals surface area (Å²) in [6.07, 6.45) is 0. The predicted molar refractivity (Wildman–Crippen MR) is 110 cm³/mol. The number of rotatable bonds is 4. The molecule has 0 atom stereocenters. The molecule has 7 heteroatoms. The molecule has 0 aliphatic carbocycles. The van der Waals surface area contributed by atoms with Crippen LogP contribution in [0.4, 0.5) is 16.2 Å². The molecule has 3 aromatic rings. The average Bonchev–Trinajstić information content (AvgIpc) is 2.61. The van der Waals surface area contributed by atoms with E-state index in [9.17, 15) is 17.8 Å². The Morgan fingerprint density at radius 2 is 1.50 bits per heavy atom. The fourth-order valence-electron chi connectivity index (χ4n) is 2.96. The van der Waals surface area contributed by atoms with Crippen LogP contribution in [0, 0.1) is 13.8 Å². The Labute approximate surface area is 164 Å². The number of anilines is 2. The number of hydrogen-bond donors (Lipinski definition) is 3. The summed E-state index contributed by atoms with van der Waals surface area (Å²) in [4.78, 5) is 12.0. The molecule has 28 heavy (non-hydrogen) atoms. The number of hydrogen-bond acceptors (Lipinski definition) is 3. The summed E-state index contributed by atoms with van der Waals surface area (Å²) in [5, 5.41) is 5.48. The van der Waals surface area contributed by atoms with Crippen LogP contribution in [0.25, 0.3) is 11.1 Å². The number of nitrogens with one attached hydrogen (secondary N) is 2. The van der Waals surface area contributed by atoms with E-state index >= 15 is 0 Å². The van der Waals surface area contributed by atoms with E-state index in [0.717, 1.165) is 5.56 Å². The van der Waals surface area contributed by atoms with Gasteiger partial charge in [-0.1, -0.05) is 36.4 Å². The van der Waals surface area contributed by atoms with Gasteiger partial charge in [-0.15, -0.1) is 0 Å². The van der Waals surface area contributed by atoms with E-state index in [1.807, 2.05) is 25.1 Å². The van der Waals surface area contributed by atoms with E-state index in [2.05, 4.69) is 10.6 Å². The highest BCUT2D eigenvalue weighted by Gasteiger charge is 2.18. The van der Waals surface area contributed by atoms with Crippen molar-refractivity contribution in [3.63, 3.8) is 0 Å². The second-order valence-electron chi connectivity index (χ2n) is 6.45. The lowest BCUT2D eigenvalue weighted by Crippen LogP contribution is -2.19. The number of carbonyl (C=O) groups is 1. The normalized spacial score (nSPS) is 11.1. The molecule has 0 aliphatic rings. The van der Waals surface area contributed by atoms with Crippen molar-refractivity contribution < 1.29 is 17.8 Å². The molecule has 0 unspecified atom stereocenters. The first kappa shape index (κ1) is 19.6. The highest BCUT2D eigenvalue weighted by molar-refractivity contribution is 7.86. The quantitative estimate of drug-likeness (QED) is 0.549. The number of carbonyl (C=O) groups excluding carboxylic acids is 1. The minimum absolute atomic E-state index is 0.148. The molecule has 6 nitrogen and oxygen atoms in total. The predicted octanol–water partition coefficient (Wildman–Crippen LogP) is 4.86. The van der Waals surface area contributed by atoms with Crippen LogP contribution < -0.4 is 10.6 Å². The lowest BCUT2D eigenvalue weighted by Gasteiger charge is -2.12. The molecule has 144 valence electrons. The van der Waals surface area contributed by atoms with Gasteiger partial charge in [0.25, 0.3) is 10.1 Å². The van der Waals surface area contributed by atoms with Gasteiger partial charge in [0.1, 0.15) is 4.90 Å². The fourth-order valence-corrected chi connectivity index (χ4v) is 3.75. The molecule has 0 saturated carbocycles. The number of aryl methyl sites for hydroxylation is 2. The van der Waals surface area contributed by atoms with Crippen molar-refractivity contribution in [1.82, 2.24) is 0 Å². The van der Waals surface area contributed by atoms with Crippen LogP contribution in [0.3, 0.4) is 0 Å². The third-order valence-corrected chi connectivity index (χ3v) is 5.12. The first-order chi connectivity index (χ1) is 13.2. The van der Waals surface area contributed by atoms with Crippen LogP contribution in [0.2, 0.25) is 0 Å². The molecule has 0 bridgehead atoms. The van der Waals surface area contributed by atoms with Gasteiger partial charge in [-0.2, -0.15) is 8.42 Å². The smallest absolute Gasteiger partial charge is 0.308 e. The van der Waals surface area contributed by atoms with Gasteiger partial charge < -0.3 is 10.6 Å². The number of urea groups is 1. The minimum atomic E-state index is -4.35. The summed E-state index contributed by atoms with van der Waals surface area (Å²) in [6, 6.07) is 18.5. The van der Waals surface area contributed by atoms with E-state index in [4.69, 9.17) is 0 Å². The second-order valence-corrected chi connectivity index (χ2v) is 7.84. The maximum Gasteiger partial charge on any atom is 0.323 e. The maximum atomic E-state index is 12.2. The molecular formula is C21H20N2O4S. The van der Waals surface area contributed by atoms with Gasteiger partial charge in [0.05, 0.1) is 0 Å². The molecular weight excluding hydrogens is 376 g/mol. The zero-order valence-corrected chi connectivity index (χ0v) is 16.2. The van der Waals surface area contributed by atoms with E-state index in [1.165, 1.54) is 6.07 Å². The van der Waals surface area contributed by atoms with E-state index in [1.54, 1.807) is 49.4 Å². The van der Waals surface area contributed by atoms with Gasteiger partial charge in [-0.3, -0.25) is 4.55 Å². The summed E-state index contributed by atoms with van der Waals surface area (Å²) in [7, 11) is -4.35. The second kappa shape index (κ2) is 7.84. The maximum absolute atomic E-state index is 12.2. The molecule has 0 radical (unpaired) electrons. The van der Waals surface area contributed by atoms with Crippen LogP contribution in [-0.2, 0) is 10.1 Å². The van der Waals surface area contributed by atoms with Gasteiger partial charge in [0, 0.05) is 16.9 Å². The standard InChI is InChI=1S/C21H20N2O4S/c1-14-5-3-7-18(13-14)23-21(24)22-17-11-9-16(10-12-17)20-15(2)6-4-8-19(20)28(25,26)27/h3-13H,1-2H3,(H2,22,23,24)(H,25,26,27). The number of benzene rings is 3. The van der Waals surface area contributed by atoms with Gasteiger partial charge in [-0.05, 0) is 60.9 Å². The van der Waals surface area contributed by atoms with Crippen LogP contribution in [0.15, 0.2) is 71.6 Å². The molecule has 0 heterocycles. The lowest BCUT2D eigenvalue weighted by molar-refractivity contribution is 0.262. The molecule has 3 rings (SSSR count). The Kier molecular flexibility index (Phi) is 5.48. The molecule has 0 aliphatic heterocycles. The first-order valence-corrected chi connectivity index (χ1v) is 10.0. The third-order valence-electron chi connectivity index (χ3n) is 4.22. The molecule has 2 amide bonds. The zero-order valence-electron chi connectivity index (χ0n) is 15.4. The summed E-state index contributed by atoms with van der Waals surface area (Å²) in [6.45, 7) is 3.71. The molecule has 3 aromatic carbocycles. The van der Waals surface area contributed by atoms with Crippen LogP contribution in [-0.4, -0.2) is 19.0 Å². The van der Waals surface area contributed by atoms with Crippen LogP contribution in [0.5, 0.6) is 0 Å². The Balaban J connectivity index is 1.80. The van der Waals surface area contributed by atoms with Crippen molar-refractivity contribution in [3.8, 4) is 11.1 Å². The molecule has 0 saturated heterocycles. The monoisotopic (exact) mass is 396 g/mol. The SMILES string of the molecule is Cc1cccc(NC(=O)Nc2ccc(-c3c(C)cccc3S(=O)(=O)O)cc2)c1. The van der Waals surface area contributed by atoms with Crippen molar-refractivity contribution in [3.05, 3.63) is 77.9 Å². The molecule has 0 aromatic heterocycles. The van der Waals surface area contributed by atoms with Gasteiger partial charge in [-0.25, -0.2) is 4.79 Å². The van der Waals surface area contributed by atoms with Gasteiger partial charge in [0.15, 0.2) is 0 Å². The Morgan fingerprint density at radius 3 is 2.14 bits per heavy atom. The minimum Gasteiger partial charge on any atom is -0.308 e. The summed E-state index contributed by atoms with van der Waals surface area (Å²) in [5.41, 5.74) is 4.04. The number of amides is 2. The zero-order chi connectivity index (χ0) is 20.3. The van der Waals surface area contributed by atoms with E-state index < -0.39 is 10.1 Å². The largest absolute Gasteiger partial charge is 0.323 e. The topological polar surface area (TPSA) is 95.5 Å². The van der Waals surface area contributed by atoms with E-state index in [0.29, 0.717) is 28.1 Å². The average molecular weight is 396 g/mol. The fraction of sp³-hybridized carbons (Fsp3) is 0.0952. The lowest BCUT2D eigenvalue weighted by atomic mass is 10.0. The van der Waals surface area contributed by atoms with Crippen molar-refractivity contribution in [2.75, 3.05) is 10.6 Å². The molecule has 0 spiro atoms. The van der Waals surface area contributed by atoms with Gasteiger partial charge in [0.2, 0.25) is 0 Å². The van der Waals surface area contributed by atoms with Crippen molar-refractivity contribution >= 4 is 27.5 Å². The summed E-state index contributed by atoms with van der Waals surface area (Å²) in [5.74, 6) is 0. The van der Waals surface area contributed by atoms with Gasteiger partial charge >= 0.3 is 6.03 Å².